The molecular weight excluding hydrogens is 389 g/mol. The van der Waals surface area contributed by atoms with Gasteiger partial charge in [0.05, 0.1) is 5.56 Å². The number of nitrogens with one attached hydrogen (secondary N) is 1. The standard InChI is InChI=1S/C24H25F3N2O/c1-2-16-8-7-10-18-20(15-28-23(16)18)19(14-22(30)29-12-5-6-13-29)17-9-3-4-11-21(17)24(25,26)27/h3-4,7-11,15,19,28H,2,5-6,12-14H2,1H3/t19-/m1/s1. The number of rotatable bonds is 5. The van der Waals surface area contributed by atoms with Crippen LogP contribution in [-0.4, -0.2) is 28.9 Å². The summed E-state index contributed by atoms with van der Waals surface area (Å²) in [6.07, 6.45) is 0.0281. The first-order chi connectivity index (χ1) is 14.4. The van der Waals surface area contributed by atoms with Crippen LogP contribution in [0, 0.1) is 0 Å². The van der Waals surface area contributed by atoms with Crippen molar-refractivity contribution in [2.45, 2.75) is 44.7 Å². The van der Waals surface area contributed by atoms with Crippen molar-refractivity contribution >= 4 is 16.8 Å². The normalized spacial score (nSPS) is 15.7. The number of hydrogen-bond donors (Lipinski definition) is 1. The number of para-hydroxylation sites is 1. The van der Waals surface area contributed by atoms with E-state index in [-0.39, 0.29) is 17.9 Å². The fourth-order valence-electron chi connectivity index (χ4n) is 4.54. The van der Waals surface area contributed by atoms with Gasteiger partial charge >= 0.3 is 6.18 Å². The van der Waals surface area contributed by atoms with Gasteiger partial charge in [0.1, 0.15) is 0 Å². The van der Waals surface area contributed by atoms with E-state index in [0.717, 1.165) is 47.4 Å². The minimum atomic E-state index is -4.48. The van der Waals surface area contributed by atoms with Crippen molar-refractivity contribution in [2.24, 2.45) is 0 Å². The Labute approximate surface area is 173 Å². The van der Waals surface area contributed by atoms with Gasteiger partial charge in [0.25, 0.3) is 0 Å². The molecule has 158 valence electrons. The largest absolute Gasteiger partial charge is 0.416 e. The van der Waals surface area contributed by atoms with Crippen LogP contribution in [0.2, 0.25) is 0 Å². The van der Waals surface area contributed by atoms with Crippen LogP contribution >= 0.6 is 0 Å². The number of benzene rings is 2. The molecule has 1 N–H and O–H groups in total. The number of fused-ring (bicyclic) bond motifs is 1. The third kappa shape index (κ3) is 3.83. The van der Waals surface area contributed by atoms with Crippen LogP contribution in [0.3, 0.4) is 0 Å². The minimum absolute atomic E-state index is 0.0242. The maximum Gasteiger partial charge on any atom is 0.416 e. The topological polar surface area (TPSA) is 36.1 Å². The Balaban J connectivity index is 1.84. The molecule has 0 spiro atoms. The smallest absolute Gasteiger partial charge is 0.361 e. The Hall–Kier alpha value is -2.76. The van der Waals surface area contributed by atoms with Crippen molar-refractivity contribution < 1.29 is 18.0 Å². The number of aryl methyl sites for hydroxylation is 1. The summed E-state index contributed by atoms with van der Waals surface area (Å²) in [5.41, 5.74) is 2.25. The van der Waals surface area contributed by atoms with Gasteiger partial charge in [0, 0.05) is 42.5 Å². The first-order valence-corrected chi connectivity index (χ1v) is 10.4. The average Bonchev–Trinajstić information content (AvgIpc) is 3.41. The number of aromatic nitrogens is 1. The lowest BCUT2D eigenvalue weighted by Crippen LogP contribution is -2.29. The third-order valence-electron chi connectivity index (χ3n) is 6.07. The minimum Gasteiger partial charge on any atom is -0.361 e. The van der Waals surface area contributed by atoms with Crippen molar-refractivity contribution in [2.75, 3.05) is 13.1 Å². The van der Waals surface area contributed by atoms with E-state index in [9.17, 15) is 18.0 Å². The first-order valence-electron chi connectivity index (χ1n) is 10.4. The number of H-pyrrole nitrogens is 1. The number of likely N-dealkylation sites (tertiary alicyclic amines) is 1. The molecule has 0 radical (unpaired) electrons. The Morgan fingerprint density at radius 3 is 2.50 bits per heavy atom. The molecule has 0 bridgehead atoms. The lowest BCUT2D eigenvalue weighted by atomic mass is 9.84. The van der Waals surface area contributed by atoms with Gasteiger partial charge in [-0.15, -0.1) is 0 Å². The van der Waals surface area contributed by atoms with E-state index in [2.05, 4.69) is 4.98 Å². The van der Waals surface area contributed by atoms with Gasteiger partial charge in [-0.1, -0.05) is 43.3 Å². The molecule has 1 fully saturated rings. The number of hydrogen-bond acceptors (Lipinski definition) is 1. The highest BCUT2D eigenvalue weighted by Gasteiger charge is 2.37. The molecule has 3 aromatic rings. The van der Waals surface area contributed by atoms with Crippen LogP contribution in [0.25, 0.3) is 10.9 Å². The lowest BCUT2D eigenvalue weighted by molar-refractivity contribution is -0.139. The maximum absolute atomic E-state index is 13.8. The summed E-state index contributed by atoms with van der Waals surface area (Å²) in [5, 5.41) is 0.880. The molecule has 0 saturated carbocycles. The Morgan fingerprint density at radius 2 is 1.80 bits per heavy atom. The van der Waals surface area contributed by atoms with Crippen molar-refractivity contribution in [3.63, 3.8) is 0 Å². The van der Waals surface area contributed by atoms with Crippen LogP contribution in [0.15, 0.2) is 48.7 Å². The number of aromatic amines is 1. The molecule has 1 aliphatic heterocycles. The monoisotopic (exact) mass is 414 g/mol. The summed E-state index contributed by atoms with van der Waals surface area (Å²) in [7, 11) is 0. The number of carbonyl (C=O) groups excluding carboxylic acids is 1. The van der Waals surface area contributed by atoms with Crippen molar-refractivity contribution in [3.8, 4) is 0 Å². The Bertz CT molecular complexity index is 1050. The molecule has 0 aliphatic carbocycles. The Morgan fingerprint density at radius 1 is 1.07 bits per heavy atom. The fourth-order valence-corrected chi connectivity index (χ4v) is 4.54. The van der Waals surface area contributed by atoms with Gasteiger partial charge < -0.3 is 9.88 Å². The van der Waals surface area contributed by atoms with Crippen LogP contribution in [0.4, 0.5) is 13.2 Å². The van der Waals surface area contributed by atoms with Crippen LogP contribution in [0.1, 0.15) is 54.4 Å². The van der Waals surface area contributed by atoms with E-state index in [1.165, 1.54) is 12.1 Å². The molecule has 3 nitrogen and oxygen atoms in total. The number of carbonyl (C=O) groups is 1. The first kappa shape index (κ1) is 20.5. The van der Waals surface area contributed by atoms with E-state index in [1.54, 1.807) is 17.2 Å². The van der Waals surface area contributed by atoms with Crippen LogP contribution in [0.5, 0.6) is 0 Å². The molecule has 2 heterocycles. The molecule has 1 aromatic heterocycles. The van der Waals surface area contributed by atoms with Crippen LogP contribution < -0.4 is 0 Å². The molecule has 1 amide bonds. The van der Waals surface area contributed by atoms with Gasteiger partial charge in [-0.3, -0.25) is 4.79 Å². The molecule has 1 saturated heterocycles. The van der Waals surface area contributed by atoms with Crippen molar-refractivity contribution in [1.29, 1.82) is 0 Å². The molecule has 1 aliphatic rings. The summed E-state index contributed by atoms with van der Waals surface area (Å²) in [6, 6.07) is 11.5. The Kier molecular flexibility index (Phi) is 5.58. The van der Waals surface area contributed by atoms with E-state index < -0.39 is 17.7 Å². The summed E-state index contributed by atoms with van der Waals surface area (Å²) >= 11 is 0. The molecular formula is C24H25F3N2O. The summed E-state index contributed by atoms with van der Waals surface area (Å²) in [6.45, 7) is 3.41. The fraction of sp³-hybridized carbons (Fsp3) is 0.375. The van der Waals surface area contributed by atoms with E-state index >= 15 is 0 Å². The summed E-state index contributed by atoms with van der Waals surface area (Å²) in [5.74, 6) is -0.757. The zero-order valence-corrected chi connectivity index (χ0v) is 16.9. The number of nitrogens with zero attached hydrogens (tertiary/aromatic N) is 1. The number of alkyl halides is 3. The van der Waals surface area contributed by atoms with E-state index in [1.807, 2.05) is 25.1 Å². The quantitative estimate of drug-likeness (QED) is 0.555. The van der Waals surface area contributed by atoms with Gasteiger partial charge in [0.15, 0.2) is 0 Å². The van der Waals surface area contributed by atoms with Gasteiger partial charge in [0.2, 0.25) is 5.91 Å². The number of amides is 1. The second-order valence-corrected chi connectivity index (χ2v) is 7.87. The molecule has 4 rings (SSSR count). The second kappa shape index (κ2) is 8.17. The van der Waals surface area contributed by atoms with E-state index in [4.69, 9.17) is 0 Å². The highest BCUT2D eigenvalue weighted by Crippen LogP contribution is 2.41. The third-order valence-corrected chi connectivity index (χ3v) is 6.07. The molecule has 2 aromatic carbocycles. The van der Waals surface area contributed by atoms with Crippen molar-refractivity contribution in [1.82, 2.24) is 9.88 Å². The van der Waals surface area contributed by atoms with Gasteiger partial charge in [-0.25, -0.2) is 0 Å². The van der Waals surface area contributed by atoms with Crippen molar-refractivity contribution in [3.05, 3.63) is 70.9 Å². The highest BCUT2D eigenvalue weighted by atomic mass is 19.4. The number of halogens is 3. The molecule has 1 atom stereocenters. The second-order valence-electron chi connectivity index (χ2n) is 7.87. The summed E-state index contributed by atoms with van der Waals surface area (Å²) < 4.78 is 41.5. The molecule has 30 heavy (non-hydrogen) atoms. The zero-order valence-electron chi connectivity index (χ0n) is 16.9. The molecule has 6 heteroatoms. The average molecular weight is 414 g/mol. The summed E-state index contributed by atoms with van der Waals surface area (Å²) in [4.78, 5) is 18.0. The SMILES string of the molecule is CCc1cccc2c([C@H](CC(=O)N3CCCC3)c3ccccc3C(F)(F)F)c[nH]c12. The highest BCUT2D eigenvalue weighted by molar-refractivity contribution is 5.88. The van der Waals surface area contributed by atoms with Gasteiger partial charge in [-0.2, -0.15) is 13.2 Å². The maximum atomic E-state index is 13.8. The lowest BCUT2D eigenvalue weighted by Gasteiger charge is -2.24. The van der Waals surface area contributed by atoms with E-state index in [0.29, 0.717) is 13.1 Å². The zero-order chi connectivity index (χ0) is 21.3. The molecule has 0 unspecified atom stereocenters. The van der Waals surface area contributed by atoms with Crippen LogP contribution in [-0.2, 0) is 17.4 Å². The predicted octanol–water partition coefficient (Wildman–Crippen LogP) is 5.89. The van der Waals surface area contributed by atoms with Gasteiger partial charge in [-0.05, 0) is 42.0 Å². The predicted molar refractivity (Wildman–Crippen MR) is 111 cm³/mol.